The van der Waals surface area contributed by atoms with Crippen LogP contribution in [0.25, 0.3) is 11.5 Å². The Labute approximate surface area is 157 Å². The van der Waals surface area contributed by atoms with E-state index in [0.717, 1.165) is 5.56 Å². The number of nitrogens with one attached hydrogen (secondary N) is 1. The molecule has 1 atom stereocenters. The molecule has 0 aliphatic carbocycles. The van der Waals surface area contributed by atoms with Crippen molar-refractivity contribution < 1.29 is 9.21 Å². The van der Waals surface area contributed by atoms with E-state index in [2.05, 4.69) is 20.4 Å². The Morgan fingerprint density at radius 3 is 2.70 bits per heavy atom. The van der Waals surface area contributed by atoms with Gasteiger partial charge < -0.3 is 15.5 Å². The van der Waals surface area contributed by atoms with E-state index in [9.17, 15) is 4.79 Å². The van der Waals surface area contributed by atoms with Gasteiger partial charge in [0, 0.05) is 5.56 Å². The molecule has 1 amide bonds. The Morgan fingerprint density at radius 2 is 2.00 bits per heavy atom. The molecule has 0 aliphatic rings. The Hall–Kier alpha value is -3.00. The second-order valence-electron chi connectivity index (χ2n) is 6.73. The van der Waals surface area contributed by atoms with Gasteiger partial charge in [-0.3, -0.25) is 4.79 Å². The molecule has 2 aromatic heterocycles. The van der Waals surface area contributed by atoms with Crippen LogP contribution in [-0.4, -0.2) is 25.7 Å². The van der Waals surface area contributed by atoms with Gasteiger partial charge in [0.2, 0.25) is 11.8 Å². The zero-order valence-corrected chi connectivity index (χ0v) is 15.7. The monoisotopic (exact) mass is 368 g/mol. The van der Waals surface area contributed by atoms with Crippen LogP contribution in [0, 0.1) is 12.8 Å². The van der Waals surface area contributed by atoms with Gasteiger partial charge in [-0.2, -0.15) is 5.10 Å². The Balaban J connectivity index is 1.60. The summed E-state index contributed by atoms with van der Waals surface area (Å²) in [4.78, 5) is 21.1. The average molecular weight is 368 g/mol. The summed E-state index contributed by atoms with van der Waals surface area (Å²) in [5.74, 6) is 1.74. The zero-order valence-electron chi connectivity index (χ0n) is 15.7. The predicted molar refractivity (Wildman–Crippen MR) is 100 cm³/mol. The first-order chi connectivity index (χ1) is 12.9. The Kier molecular flexibility index (Phi) is 5.66. The van der Waals surface area contributed by atoms with Gasteiger partial charge in [-0.05, 0) is 25.0 Å². The quantitative estimate of drug-likeness (QED) is 0.661. The molecule has 3 aromatic rings. The lowest BCUT2D eigenvalue weighted by atomic mass is 10.1. The van der Waals surface area contributed by atoms with Crippen LogP contribution in [0.2, 0.25) is 0 Å². The van der Waals surface area contributed by atoms with Crippen molar-refractivity contribution in [1.29, 1.82) is 0 Å². The van der Waals surface area contributed by atoms with Crippen molar-refractivity contribution in [3.8, 4) is 11.5 Å². The number of rotatable bonds is 7. The maximum atomic E-state index is 12.3. The fourth-order valence-electron chi connectivity index (χ4n) is 2.62. The smallest absolute Gasteiger partial charge is 0.242 e. The number of hydrogen-bond donors (Lipinski definition) is 2. The van der Waals surface area contributed by atoms with E-state index in [-0.39, 0.29) is 31.0 Å². The molecule has 1 aromatic carbocycles. The third-order valence-electron chi connectivity index (χ3n) is 4.16. The number of hydrogen-bond acceptors (Lipinski definition) is 6. The second kappa shape index (κ2) is 8.13. The molecule has 8 heteroatoms. The SMILES string of the molecule is Cc1nc(C(N)C(C)C)n(CC(=O)NCc2coc(-c3ccccc3)n2)n1. The summed E-state index contributed by atoms with van der Waals surface area (Å²) in [6, 6.07) is 9.32. The zero-order chi connectivity index (χ0) is 19.4. The van der Waals surface area contributed by atoms with Crippen molar-refractivity contribution in [3.05, 3.63) is 53.9 Å². The minimum absolute atomic E-state index is 0.0555. The van der Waals surface area contributed by atoms with Crippen LogP contribution in [0.15, 0.2) is 41.0 Å². The number of nitrogens with zero attached hydrogens (tertiary/aromatic N) is 4. The van der Waals surface area contributed by atoms with Crippen LogP contribution in [0.5, 0.6) is 0 Å². The fourth-order valence-corrected chi connectivity index (χ4v) is 2.62. The summed E-state index contributed by atoms with van der Waals surface area (Å²) >= 11 is 0. The van der Waals surface area contributed by atoms with Crippen LogP contribution in [0.1, 0.15) is 37.2 Å². The number of benzene rings is 1. The van der Waals surface area contributed by atoms with Crippen LogP contribution in [0.3, 0.4) is 0 Å². The maximum absolute atomic E-state index is 12.3. The van der Waals surface area contributed by atoms with Crippen LogP contribution in [0.4, 0.5) is 0 Å². The molecule has 0 saturated carbocycles. The molecule has 0 radical (unpaired) electrons. The molecule has 1 unspecified atom stereocenters. The summed E-state index contributed by atoms with van der Waals surface area (Å²) in [7, 11) is 0. The summed E-state index contributed by atoms with van der Waals surface area (Å²) < 4.78 is 7.04. The van der Waals surface area contributed by atoms with E-state index >= 15 is 0 Å². The molecule has 0 aliphatic heterocycles. The average Bonchev–Trinajstić information content (AvgIpc) is 3.26. The molecular weight excluding hydrogens is 344 g/mol. The number of carbonyl (C=O) groups excluding carboxylic acids is 1. The molecule has 0 bridgehead atoms. The van der Waals surface area contributed by atoms with Gasteiger partial charge in [0.05, 0.1) is 18.3 Å². The number of amides is 1. The van der Waals surface area contributed by atoms with Crippen molar-refractivity contribution in [2.75, 3.05) is 0 Å². The topological polar surface area (TPSA) is 112 Å². The molecule has 0 saturated heterocycles. The number of aryl methyl sites for hydroxylation is 1. The minimum Gasteiger partial charge on any atom is -0.444 e. The highest BCUT2D eigenvalue weighted by molar-refractivity contribution is 5.75. The molecule has 27 heavy (non-hydrogen) atoms. The third-order valence-corrected chi connectivity index (χ3v) is 4.16. The lowest BCUT2D eigenvalue weighted by molar-refractivity contribution is -0.122. The van der Waals surface area contributed by atoms with Crippen molar-refractivity contribution in [1.82, 2.24) is 25.1 Å². The van der Waals surface area contributed by atoms with Gasteiger partial charge in [0.1, 0.15) is 24.5 Å². The number of nitrogens with two attached hydrogens (primary N) is 1. The van der Waals surface area contributed by atoms with E-state index < -0.39 is 0 Å². The van der Waals surface area contributed by atoms with E-state index in [1.807, 2.05) is 44.2 Å². The molecule has 3 rings (SSSR count). The van der Waals surface area contributed by atoms with Crippen LogP contribution < -0.4 is 11.1 Å². The van der Waals surface area contributed by atoms with E-state index in [1.54, 1.807) is 17.9 Å². The minimum atomic E-state index is -0.275. The largest absolute Gasteiger partial charge is 0.444 e. The first-order valence-corrected chi connectivity index (χ1v) is 8.87. The predicted octanol–water partition coefficient (Wildman–Crippen LogP) is 2.21. The lowest BCUT2D eigenvalue weighted by Crippen LogP contribution is -2.30. The Bertz CT molecular complexity index is 900. The van der Waals surface area contributed by atoms with Gasteiger partial charge in [0.25, 0.3) is 0 Å². The van der Waals surface area contributed by atoms with Gasteiger partial charge in [-0.15, -0.1) is 0 Å². The van der Waals surface area contributed by atoms with Crippen LogP contribution >= 0.6 is 0 Å². The van der Waals surface area contributed by atoms with E-state index in [4.69, 9.17) is 10.2 Å². The molecule has 8 nitrogen and oxygen atoms in total. The highest BCUT2D eigenvalue weighted by Crippen LogP contribution is 2.18. The van der Waals surface area contributed by atoms with E-state index in [0.29, 0.717) is 23.2 Å². The van der Waals surface area contributed by atoms with Gasteiger partial charge in [0.15, 0.2) is 0 Å². The first-order valence-electron chi connectivity index (χ1n) is 8.87. The van der Waals surface area contributed by atoms with Gasteiger partial charge in [-0.25, -0.2) is 14.6 Å². The van der Waals surface area contributed by atoms with Gasteiger partial charge in [-0.1, -0.05) is 32.0 Å². The second-order valence-corrected chi connectivity index (χ2v) is 6.73. The number of carbonyl (C=O) groups is 1. The van der Waals surface area contributed by atoms with Crippen molar-refractivity contribution in [2.24, 2.45) is 11.7 Å². The standard InChI is InChI=1S/C19H24N6O2/c1-12(2)17(20)18-22-13(3)24-25(18)10-16(26)21-9-15-11-27-19(23-15)14-7-5-4-6-8-14/h4-8,11-12,17H,9-10,20H2,1-3H3,(H,21,26). The van der Waals surface area contributed by atoms with E-state index in [1.165, 1.54) is 0 Å². The normalized spacial score (nSPS) is 12.3. The third kappa shape index (κ3) is 4.59. The lowest BCUT2D eigenvalue weighted by Gasteiger charge is -2.15. The van der Waals surface area contributed by atoms with Crippen molar-refractivity contribution in [2.45, 2.75) is 39.9 Å². The van der Waals surface area contributed by atoms with Crippen molar-refractivity contribution in [3.63, 3.8) is 0 Å². The van der Waals surface area contributed by atoms with Crippen LogP contribution in [-0.2, 0) is 17.9 Å². The highest BCUT2D eigenvalue weighted by Gasteiger charge is 2.20. The number of oxazole rings is 1. The molecule has 3 N–H and O–H groups in total. The summed E-state index contributed by atoms with van der Waals surface area (Å²) in [6.45, 7) is 6.13. The summed E-state index contributed by atoms with van der Waals surface area (Å²) in [5, 5.41) is 7.11. The maximum Gasteiger partial charge on any atom is 0.242 e. The molecule has 142 valence electrons. The summed E-state index contributed by atoms with van der Waals surface area (Å²) in [5.41, 5.74) is 7.71. The van der Waals surface area contributed by atoms with Crippen molar-refractivity contribution >= 4 is 5.91 Å². The highest BCUT2D eigenvalue weighted by atomic mass is 16.3. The fraction of sp³-hybridized carbons (Fsp3) is 0.368. The molecule has 2 heterocycles. The van der Waals surface area contributed by atoms with Gasteiger partial charge >= 0.3 is 0 Å². The number of aromatic nitrogens is 4. The molecule has 0 fully saturated rings. The first kappa shape index (κ1) is 18.8. The summed E-state index contributed by atoms with van der Waals surface area (Å²) in [6.07, 6.45) is 1.54. The molecule has 0 spiro atoms. The molecular formula is C19H24N6O2. The Morgan fingerprint density at radius 1 is 1.26 bits per heavy atom.